The molecule has 3 aromatic rings. The molecular weight excluding hydrogens is 275 g/mol. The highest BCUT2D eigenvalue weighted by atomic mass is 19.1. The monoisotopic (exact) mass is 286 g/mol. The van der Waals surface area contributed by atoms with Crippen molar-refractivity contribution in [3.63, 3.8) is 0 Å². The zero-order valence-electron chi connectivity index (χ0n) is 11.1. The first-order chi connectivity index (χ1) is 10.1. The fourth-order valence-electron chi connectivity index (χ4n) is 1.98. The summed E-state index contributed by atoms with van der Waals surface area (Å²) >= 11 is 0. The van der Waals surface area contributed by atoms with Crippen LogP contribution in [0.3, 0.4) is 0 Å². The van der Waals surface area contributed by atoms with E-state index in [1.165, 1.54) is 30.0 Å². The summed E-state index contributed by atoms with van der Waals surface area (Å²) in [6, 6.07) is 7.60. The van der Waals surface area contributed by atoms with E-state index in [1.807, 2.05) is 0 Å². The van der Waals surface area contributed by atoms with Crippen molar-refractivity contribution in [1.82, 2.24) is 14.6 Å². The number of esters is 1. The fraction of sp³-hybridized carbons (Fsp3) is 0.0714. The summed E-state index contributed by atoms with van der Waals surface area (Å²) in [5.74, 6) is -0.769. The molecule has 7 heteroatoms. The average Bonchev–Trinajstić information content (AvgIpc) is 2.92. The molecule has 0 amide bonds. The van der Waals surface area contributed by atoms with Gasteiger partial charge in [0.25, 0.3) is 0 Å². The minimum atomic E-state index is -0.583. The van der Waals surface area contributed by atoms with Gasteiger partial charge in [0.05, 0.1) is 12.8 Å². The maximum absolute atomic E-state index is 12.9. The molecule has 0 atom stereocenters. The molecule has 106 valence electrons. The standard InChI is InChI=1S/C14H11FN4O2/c1-21-14(20)10-7-17-12-6-11(18-19(12)13(10)16)8-2-4-9(15)5-3-8/h2-7H,16H2,1H3. The molecule has 2 aromatic heterocycles. The summed E-state index contributed by atoms with van der Waals surface area (Å²) in [5, 5.41) is 4.29. The number of carbonyl (C=O) groups is 1. The van der Waals surface area contributed by atoms with Gasteiger partial charge >= 0.3 is 5.97 Å². The van der Waals surface area contributed by atoms with Crippen LogP contribution in [0.25, 0.3) is 16.9 Å². The lowest BCUT2D eigenvalue weighted by molar-refractivity contribution is 0.0601. The molecule has 21 heavy (non-hydrogen) atoms. The van der Waals surface area contributed by atoms with Gasteiger partial charge in [-0.15, -0.1) is 0 Å². The quantitative estimate of drug-likeness (QED) is 0.727. The molecule has 1 aromatic carbocycles. The van der Waals surface area contributed by atoms with Crippen molar-refractivity contribution < 1.29 is 13.9 Å². The number of rotatable bonds is 2. The Morgan fingerprint density at radius 2 is 2.05 bits per heavy atom. The number of hydrogen-bond donors (Lipinski definition) is 1. The van der Waals surface area contributed by atoms with E-state index < -0.39 is 5.97 Å². The molecule has 3 rings (SSSR count). The van der Waals surface area contributed by atoms with Gasteiger partial charge in [-0.25, -0.2) is 14.2 Å². The smallest absolute Gasteiger partial charge is 0.343 e. The zero-order chi connectivity index (χ0) is 15.0. The summed E-state index contributed by atoms with van der Waals surface area (Å²) in [5.41, 5.74) is 7.84. The van der Waals surface area contributed by atoms with Crippen LogP contribution in [-0.2, 0) is 4.74 Å². The lowest BCUT2D eigenvalue weighted by atomic mass is 10.1. The van der Waals surface area contributed by atoms with Crippen LogP contribution < -0.4 is 5.73 Å². The summed E-state index contributed by atoms with van der Waals surface area (Å²) in [7, 11) is 1.26. The number of anilines is 1. The molecule has 0 aliphatic carbocycles. The van der Waals surface area contributed by atoms with Crippen LogP contribution in [0.1, 0.15) is 10.4 Å². The molecule has 2 N–H and O–H groups in total. The van der Waals surface area contributed by atoms with E-state index >= 15 is 0 Å². The number of halogens is 1. The molecule has 6 nitrogen and oxygen atoms in total. The van der Waals surface area contributed by atoms with Gasteiger partial charge in [-0.3, -0.25) is 0 Å². The molecule has 2 heterocycles. The molecule has 0 spiro atoms. The van der Waals surface area contributed by atoms with Crippen LogP contribution in [0.5, 0.6) is 0 Å². The maximum atomic E-state index is 12.9. The Hall–Kier alpha value is -2.96. The third kappa shape index (κ3) is 2.18. The number of nitrogens with zero attached hydrogens (tertiary/aromatic N) is 3. The highest BCUT2D eigenvalue weighted by Crippen LogP contribution is 2.22. The van der Waals surface area contributed by atoms with Crippen molar-refractivity contribution in [2.24, 2.45) is 0 Å². The Kier molecular flexibility index (Phi) is 3.02. The molecule has 0 radical (unpaired) electrons. The molecule has 0 unspecified atom stereocenters. The third-order valence-corrected chi connectivity index (χ3v) is 3.07. The van der Waals surface area contributed by atoms with Crippen LogP contribution in [0.2, 0.25) is 0 Å². The minimum absolute atomic E-state index is 0.138. The van der Waals surface area contributed by atoms with E-state index in [4.69, 9.17) is 5.73 Å². The van der Waals surface area contributed by atoms with E-state index in [9.17, 15) is 9.18 Å². The second-order valence-corrected chi connectivity index (χ2v) is 4.36. The van der Waals surface area contributed by atoms with Crippen molar-refractivity contribution in [1.29, 1.82) is 0 Å². The highest BCUT2D eigenvalue weighted by molar-refractivity contribution is 5.94. The van der Waals surface area contributed by atoms with Gasteiger partial charge in [0, 0.05) is 17.8 Å². The Morgan fingerprint density at radius 3 is 2.71 bits per heavy atom. The number of benzene rings is 1. The maximum Gasteiger partial charge on any atom is 0.343 e. The number of hydrogen-bond acceptors (Lipinski definition) is 5. The van der Waals surface area contributed by atoms with Crippen LogP contribution >= 0.6 is 0 Å². The Morgan fingerprint density at radius 1 is 1.33 bits per heavy atom. The first-order valence-corrected chi connectivity index (χ1v) is 6.08. The largest absolute Gasteiger partial charge is 0.465 e. The van der Waals surface area contributed by atoms with Gasteiger partial charge in [-0.2, -0.15) is 9.61 Å². The second kappa shape index (κ2) is 4.86. The molecule has 0 fully saturated rings. The van der Waals surface area contributed by atoms with Gasteiger partial charge in [0.15, 0.2) is 5.65 Å². The van der Waals surface area contributed by atoms with Gasteiger partial charge in [-0.1, -0.05) is 0 Å². The summed E-state index contributed by atoms with van der Waals surface area (Å²) in [6.07, 6.45) is 1.34. The third-order valence-electron chi connectivity index (χ3n) is 3.07. The summed E-state index contributed by atoms with van der Waals surface area (Å²) in [4.78, 5) is 15.7. The summed E-state index contributed by atoms with van der Waals surface area (Å²) < 4.78 is 18.9. The Labute approximate surface area is 119 Å². The van der Waals surface area contributed by atoms with Crippen LogP contribution in [0, 0.1) is 5.82 Å². The van der Waals surface area contributed by atoms with Crippen molar-refractivity contribution in [3.8, 4) is 11.3 Å². The second-order valence-electron chi connectivity index (χ2n) is 4.36. The zero-order valence-corrected chi connectivity index (χ0v) is 11.1. The van der Waals surface area contributed by atoms with Crippen molar-refractivity contribution in [2.45, 2.75) is 0 Å². The average molecular weight is 286 g/mol. The molecule has 0 aliphatic heterocycles. The van der Waals surface area contributed by atoms with Crippen molar-refractivity contribution >= 4 is 17.4 Å². The Balaban J connectivity index is 2.14. The van der Waals surface area contributed by atoms with Crippen molar-refractivity contribution in [2.75, 3.05) is 12.8 Å². The molecule has 0 saturated heterocycles. The highest BCUT2D eigenvalue weighted by Gasteiger charge is 2.16. The number of methoxy groups -OCH3 is 1. The minimum Gasteiger partial charge on any atom is -0.465 e. The molecular formula is C14H11FN4O2. The Bertz CT molecular complexity index is 827. The molecule has 0 saturated carbocycles. The van der Waals surface area contributed by atoms with Crippen molar-refractivity contribution in [3.05, 3.63) is 47.9 Å². The van der Waals surface area contributed by atoms with E-state index in [0.29, 0.717) is 11.3 Å². The topological polar surface area (TPSA) is 82.5 Å². The predicted octanol–water partition coefficient (Wildman–Crippen LogP) is 1.90. The van der Waals surface area contributed by atoms with Crippen LogP contribution in [0.15, 0.2) is 36.5 Å². The fourth-order valence-corrected chi connectivity index (χ4v) is 1.98. The lowest BCUT2D eigenvalue weighted by Crippen LogP contribution is -2.11. The number of nitrogen functional groups attached to an aromatic ring is 1. The molecule has 0 bridgehead atoms. The van der Waals surface area contributed by atoms with E-state index in [2.05, 4.69) is 14.8 Å². The number of nitrogens with two attached hydrogens (primary N) is 1. The normalized spacial score (nSPS) is 10.8. The lowest BCUT2D eigenvalue weighted by Gasteiger charge is -2.04. The summed E-state index contributed by atoms with van der Waals surface area (Å²) in [6.45, 7) is 0. The van der Waals surface area contributed by atoms with Gasteiger partial charge in [-0.05, 0) is 24.3 Å². The van der Waals surface area contributed by atoms with Gasteiger partial charge < -0.3 is 10.5 Å². The molecule has 0 aliphatic rings. The van der Waals surface area contributed by atoms with E-state index in [1.54, 1.807) is 18.2 Å². The van der Waals surface area contributed by atoms with Gasteiger partial charge in [0.2, 0.25) is 0 Å². The SMILES string of the molecule is COC(=O)c1cnc2cc(-c3ccc(F)cc3)nn2c1N. The number of ether oxygens (including phenoxy) is 1. The number of carbonyl (C=O) groups excluding carboxylic acids is 1. The first kappa shape index (κ1) is 13.0. The number of fused-ring (bicyclic) bond motifs is 1. The van der Waals surface area contributed by atoms with Gasteiger partial charge in [0.1, 0.15) is 17.2 Å². The number of aromatic nitrogens is 3. The van der Waals surface area contributed by atoms with E-state index in [0.717, 1.165) is 5.56 Å². The predicted molar refractivity (Wildman–Crippen MR) is 74.1 cm³/mol. The van der Waals surface area contributed by atoms with Crippen LogP contribution in [-0.4, -0.2) is 27.7 Å². The first-order valence-electron chi connectivity index (χ1n) is 6.08. The van der Waals surface area contributed by atoms with Crippen LogP contribution in [0.4, 0.5) is 10.2 Å². The van der Waals surface area contributed by atoms with E-state index in [-0.39, 0.29) is 17.2 Å².